The van der Waals surface area contributed by atoms with Crippen molar-refractivity contribution in [1.82, 2.24) is 9.80 Å². The van der Waals surface area contributed by atoms with E-state index in [0.717, 1.165) is 6.07 Å². The number of anilines is 1. The minimum absolute atomic E-state index is 0.0610. The number of nitrogens with two attached hydrogens (primary N) is 1. The Morgan fingerprint density at radius 1 is 1.00 bits per heavy atom. The standard InChI is InChI=1S/C24H25F3N4O3/c1-13(32)14-2-4-17(5-3-14)29-24(34)31-12-18-9-19(31)11-30(18)23(33)8-16(28)6-15-7-21(26)22(27)10-20(15)25/h2-5,7,10,16,18-19H,6,8-9,11-12,28H2,1H3,(H,29,34)/t16-,18+,19-/m1/s1. The van der Waals surface area contributed by atoms with E-state index in [1.54, 1.807) is 34.1 Å². The zero-order valence-electron chi connectivity index (χ0n) is 18.6. The molecule has 3 N–H and O–H groups in total. The van der Waals surface area contributed by atoms with Crippen LogP contribution in [0.3, 0.4) is 0 Å². The first-order chi connectivity index (χ1) is 16.1. The van der Waals surface area contributed by atoms with Gasteiger partial charge in [0.2, 0.25) is 5.91 Å². The minimum Gasteiger partial charge on any atom is -0.336 e. The van der Waals surface area contributed by atoms with Gasteiger partial charge in [0.05, 0.1) is 12.1 Å². The molecule has 2 heterocycles. The molecule has 2 aliphatic heterocycles. The summed E-state index contributed by atoms with van der Waals surface area (Å²) in [5.74, 6) is -3.63. The van der Waals surface area contributed by atoms with Gasteiger partial charge in [0.15, 0.2) is 17.4 Å². The Morgan fingerprint density at radius 2 is 1.62 bits per heavy atom. The SMILES string of the molecule is CC(=O)c1ccc(NC(=O)N2C[C@@H]3C[C@@H]2CN3C(=O)C[C@H](N)Cc2cc(F)c(F)cc2F)cc1. The molecule has 7 nitrogen and oxygen atoms in total. The van der Waals surface area contributed by atoms with Crippen molar-refractivity contribution in [3.63, 3.8) is 0 Å². The van der Waals surface area contributed by atoms with E-state index in [1.165, 1.54) is 6.92 Å². The molecule has 180 valence electrons. The summed E-state index contributed by atoms with van der Waals surface area (Å²) < 4.78 is 40.4. The van der Waals surface area contributed by atoms with Crippen LogP contribution in [0.1, 0.15) is 35.7 Å². The van der Waals surface area contributed by atoms with Crippen LogP contribution < -0.4 is 11.1 Å². The molecule has 2 saturated heterocycles. The van der Waals surface area contributed by atoms with Crippen LogP contribution in [0, 0.1) is 17.5 Å². The molecule has 3 atom stereocenters. The van der Waals surface area contributed by atoms with Crippen LogP contribution >= 0.6 is 0 Å². The summed E-state index contributed by atoms with van der Waals surface area (Å²) in [4.78, 5) is 40.2. The second-order valence-corrected chi connectivity index (χ2v) is 8.83. The van der Waals surface area contributed by atoms with Crippen molar-refractivity contribution in [3.05, 3.63) is 65.0 Å². The molecule has 0 radical (unpaired) electrons. The Balaban J connectivity index is 1.29. The minimum atomic E-state index is -1.28. The molecule has 2 bridgehead atoms. The lowest BCUT2D eigenvalue weighted by Gasteiger charge is -2.34. The van der Waals surface area contributed by atoms with Gasteiger partial charge in [0, 0.05) is 42.9 Å². The number of Topliss-reactive ketones (excluding diaryl/α,β-unsaturated/α-hetero) is 1. The van der Waals surface area contributed by atoms with Crippen LogP contribution in [0.25, 0.3) is 0 Å². The summed E-state index contributed by atoms with van der Waals surface area (Å²) in [5.41, 5.74) is 7.04. The zero-order valence-corrected chi connectivity index (χ0v) is 18.6. The number of nitrogens with one attached hydrogen (secondary N) is 1. The molecule has 4 rings (SSSR count). The van der Waals surface area contributed by atoms with Crippen LogP contribution in [0.2, 0.25) is 0 Å². The summed E-state index contributed by atoms with van der Waals surface area (Å²) in [5, 5.41) is 2.81. The maximum Gasteiger partial charge on any atom is 0.322 e. The molecule has 10 heteroatoms. The van der Waals surface area contributed by atoms with E-state index in [1.807, 2.05) is 0 Å². The molecule has 0 saturated carbocycles. The number of carbonyl (C=O) groups excluding carboxylic acids is 3. The Bertz CT molecular complexity index is 1130. The number of benzene rings is 2. The molecular weight excluding hydrogens is 449 g/mol. The van der Waals surface area contributed by atoms with Gasteiger partial charge in [-0.25, -0.2) is 18.0 Å². The number of halogens is 3. The number of carbonyl (C=O) groups is 3. The number of hydrogen-bond acceptors (Lipinski definition) is 4. The monoisotopic (exact) mass is 474 g/mol. The fourth-order valence-electron chi connectivity index (χ4n) is 4.62. The number of urea groups is 1. The molecule has 2 fully saturated rings. The third-order valence-corrected chi connectivity index (χ3v) is 6.37. The first-order valence-corrected chi connectivity index (χ1v) is 11.0. The van der Waals surface area contributed by atoms with E-state index in [-0.39, 0.29) is 48.2 Å². The molecule has 2 aromatic carbocycles. The third kappa shape index (κ3) is 4.91. The van der Waals surface area contributed by atoms with E-state index < -0.39 is 23.5 Å². The first kappa shape index (κ1) is 23.7. The number of fused-ring (bicyclic) bond motifs is 2. The molecule has 3 amide bonds. The Morgan fingerprint density at radius 3 is 2.24 bits per heavy atom. The number of ketones is 1. The lowest BCUT2D eigenvalue weighted by atomic mass is 10.0. The van der Waals surface area contributed by atoms with E-state index >= 15 is 0 Å². The first-order valence-electron chi connectivity index (χ1n) is 11.0. The van der Waals surface area contributed by atoms with Crippen LogP contribution in [0.15, 0.2) is 36.4 Å². The number of amides is 3. The van der Waals surface area contributed by atoms with Crippen LogP contribution in [0.4, 0.5) is 23.7 Å². The van der Waals surface area contributed by atoms with Gasteiger partial charge in [0.25, 0.3) is 0 Å². The average molecular weight is 474 g/mol. The molecule has 0 unspecified atom stereocenters. The Hall–Kier alpha value is -3.40. The second kappa shape index (κ2) is 9.46. The van der Waals surface area contributed by atoms with E-state index in [0.29, 0.717) is 36.8 Å². The lowest BCUT2D eigenvalue weighted by molar-refractivity contribution is -0.133. The maximum atomic E-state index is 13.9. The van der Waals surface area contributed by atoms with Gasteiger partial charge in [-0.05, 0) is 55.7 Å². The van der Waals surface area contributed by atoms with Crippen LogP contribution in [-0.2, 0) is 11.2 Å². The Kier molecular flexibility index (Phi) is 6.60. The highest BCUT2D eigenvalue weighted by molar-refractivity contribution is 5.95. The van der Waals surface area contributed by atoms with E-state index in [9.17, 15) is 27.6 Å². The summed E-state index contributed by atoms with van der Waals surface area (Å²) in [6.07, 6.45) is 0.472. The van der Waals surface area contributed by atoms with Crippen molar-refractivity contribution < 1.29 is 27.6 Å². The van der Waals surface area contributed by atoms with E-state index in [4.69, 9.17) is 5.73 Å². The number of hydrogen-bond donors (Lipinski definition) is 2. The van der Waals surface area contributed by atoms with Gasteiger partial charge >= 0.3 is 6.03 Å². The highest BCUT2D eigenvalue weighted by atomic mass is 19.2. The van der Waals surface area contributed by atoms with Gasteiger partial charge in [0.1, 0.15) is 5.82 Å². The highest BCUT2D eigenvalue weighted by Crippen LogP contribution is 2.32. The normalized spacial score (nSPS) is 19.9. The average Bonchev–Trinajstić information content (AvgIpc) is 3.39. The smallest absolute Gasteiger partial charge is 0.322 e. The summed E-state index contributed by atoms with van der Waals surface area (Å²) >= 11 is 0. The maximum absolute atomic E-state index is 13.9. The van der Waals surface area contributed by atoms with Crippen molar-refractivity contribution >= 4 is 23.4 Å². The molecule has 0 aliphatic carbocycles. The number of rotatable bonds is 6. The van der Waals surface area contributed by atoms with Crippen molar-refractivity contribution in [2.75, 3.05) is 18.4 Å². The molecule has 2 aromatic rings. The zero-order chi connectivity index (χ0) is 24.6. The quantitative estimate of drug-likeness (QED) is 0.497. The molecule has 0 aromatic heterocycles. The summed E-state index contributed by atoms with van der Waals surface area (Å²) in [6.45, 7) is 2.21. The predicted molar refractivity (Wildman–Crippen MR) is 119 cm³/mol. The van der Waals surface area contributed by atoms with E-state index in [2.05, 4.69) is 5.32 Å². The van der Waals surface area contributed by atoms with Crippen LogP contribution in [0.5, 0.6) is 0 Å². The fourth-order valence-corrected chi connectivity index (χ4v) is 4.62. The molecule has 34 heavy (non-hydrogen) atoms. The number of piperazine rings is 1. The molecule has 0 spiro atoms. The van der Waals surface area contributed by atoms with Crippen molar-refractivity contribution in [2.45, 2.75) is 44.3 Å². The lowest BCUT2D eigenvalue weighted by Crippen LogP contribution is -2.52. The molecule has 2 aliphatic rings. The van der Waals surface area contributed by atoms with Crippen molar-refractivity contribution in [3.8, 4) is 0 Å². The third-order valence-electron chi connectivity index (χ3n) is 6.37. The van der Waals surface area contributed by atoms with Gasteiger partial charge in [-0.1, -0.05) is 0 Å². The Labute approximate surface area is 194 Å². The predicted octanol–water partition coefficient (Wildman–Crippen LogP) is 3.08. The van der Waals surface area contributed by atoms with Crippen LogP contribution in [-0.4, -0.2) is 58.7 Å². The summed E-state index contributed by atoms with van der Waals surface area (Å²) in [7, 11) is 0. The fraction of sp³-hybridized carbons (Fsp3) is 0.375. The van der Waals surface area contributed by atoms with Crippen molar-refractivity contribution in [1.29, 1.82) is 0 Å². The van der Waals surface area contributed by atoms with Gasteiger partial charge < -0.3 is 20.9 Å². The van der Waals surface area contributed by atoms with Crippen molar-refractivity contribution in [2.24, 2.45) is 5.73 Å². The molecular formula is C24H25F3N4O3. The topological polar surface area (TPSA) is 95.7 Å². The number of nitrogens with zero attached hydrogens (tertiary/aromatic N) is 2. The van der Waals surface area contributed by atoms with Gasteiger partial charge in [-0.15, -0.1) is 0 Å². The van der Waals surface area contributed by atoms with Gasteiger partial charge in [-0.3, -0.25) is 9.59 Å². The highest BCUT2D eigenvalue weighted by Gasteiger charge is 2.47. The number of likely N-dealkylation sites (tertiary alicyclic amines) is 2. The summed E-state index contributed by atoms with van der Waals surface area (Å²) in [6, 6.07) is 6.53. The van der Waals surface area contributed by atoms with Gasteiger partial charge in [-0.2, -0.15) is 0 Å². The largest absolute Gasteiger partial charge is 0.336 e. The second-order valence-electron chi connectivity index (χ2n) is 8.83.